The Morgan fingerprint density at radius 2 is 1.92 bits per heavy atom. The zero-order valence-electron chi connectivity index (χ0n) is 14.1. The van der Waals surface area contributed by atoms with E-state index in [1.807, 2.05) is 48.5 Å². The number of ether oxygens (including phenoxy) is 2. The number of nitrogens with zero attached hydrogens (tertiary/aromatic N) is 1. The quantitative estimate of drug-likeness (QED) is 0.304. The minimum absolute atomic E-state index is 0. The van der Waals surface area contributed by atoms with Crippen LogP contribution in [-0.2, 0) is 0 Å². The van der Waals surface area contributed by atoms with Gasteiger partial charge in [-0.3, -0.25) is 4.99 Å². The molecule has 0 saturated carbocycles. The standard InChI is InChI=1S/C19H23N3O2.HI/c20-19(21-12-6-13-23-15-7-2-1-3-8-15)22-17-11-14-24-18-10-5-4-9-16(17)18;/h1-5,7-10,17H,6,11-14H2,(H3,20,21,22);1H. The zero-order valence-corrected chi connectivity index (χ0v) is 16.4. The molecule has 134 valence electrons. The van der Waals surface area contributed by atoms with Crippen molar-refractivity contribution in [2.45, 2.75) is 18.9 Å². The summed E-state index contributed by atoms with van der Waals surface area (Å²) in [6.07, 6.45) is 1.70. The van der Waals surface area contributed by atoms with Gasteiger partial charge in [-0.1, -0.05) is 36.4 Å². The molecule has 0 radical (unpaired) electrons. The highest BCUT2D eigenvalue weighted by Gasteiger charge is 2.20. The molecule has 0 aliphatic carbocycles. The van der Waals surface area contributed by atoms with Crippen LogP contribution < -0.4 is 20.5 Å². The molecule has 1 heterocycles. The molecule has 2 aromatic carbocycles. The summed E-state index contributed by atoms with van der Waals surface area (Å²) in [5.41, 5.74) is 7.15. The van der Waals surface area contributed by atoms with Crippen molar-refractivity contribution in [3.8, 4) is 11.5 Å². The van der Waals surface area contributed by atoms with E-state index in [0.29, 0.717) is 25.7 Å². The largest absolute Gasteiger partial charge is 0.494 e. The average molecular weight is 453 g/mol. The molecule has 0 amide bonds. The van der Waals surface area contributed by atoms with E-state index in [0.717, 1.165) is 29.9 Å². The summed E-state index contributed by atoms with van der Waals surface area (Å²) < 4.78 is 11.3. The summed E-state index contributed by atoms with van der Waals surface area (Å²) in [5.74, 6) is 2.27. The van der Waals surface area contributed by atoms with Crippen molar-refractivity contribution in [1.29, 1.82) is 0 Å². The lowest BCUT2D eigenvalue weighted by atomic mass is 10.0. The second kappa shape index (κ2) is 10.1. The molecule has 0 bridgehead atoms. The Labute approximate surface area is 165 Å². The van der Waals surface area contributed by atoms with Gasteiger partial charge in [0.25, 0.3) is 0 Å². The Morgan fingerprint density at radius 1 is 1.16 bits per heavy atom. The first-order valence-corrected chi connectivity index (χ1v) is 8.29. The molecular formula is C19H24IN3O2. The maximum atomic E-state index is 6.01. The Balaban J connectivity index is 0.00000225. The Morgan fingerprint density at radius 3 is 2.76 bits per heavy atom. The van der Waals surface area contributed by atoms with Gasteiger partial charge in [0.1, 0.15) is 11.5 Å². The third-order valence-electron chi connectivity index (χ3n) is 3.88. The van der Waals surface area contributed by atoms with Crippen LogP contribution in [0.2, 0.25) is 0 Å². The summed E-state index contributed by atoms with van der Waals surface area (Å²) in [6.45, 7) is 1.95. The minimum atomic E-state index is 0. The Hall–Kier alpha value is -1.96. The first-order chi connectivity index (χ1) is 11.8. The van der Waals surface area contributed by atoms with Crippen molar-refractivity contribution in [3.63, 3.8) is 0 Å². The van der Waals surface area contributed by atoms with Crippen LogP contribution in [0.4, 0.5) is 0 Å². The van der Waals surface area contributed by atoms with Crippen LogP contribution in [0.25, 0.3) is 0 Å². The number of fused-ring (bicyclic) bond motifs is 1. The van der Waals surface area contributed by atoms with E-state index in [1.54, 1.807) is 0 Å². The summed E-state index contributed by atoms with van der Waals surface area (Å²) in [4.78, 5) is 4.38. The van der Waals surface area contributed by atoms with Gasteiger partial charge in [0.15, 0.2) is 5.96 Å². The third kappa shape index (κ3) is 5.81. The van der Waals surface area contributed by atoms with Crippen molar-refractivity contribution in [2.75, 3.05) is 19.8 Å². The van der Waals surface area contributed by atoms with Gasteiger partial charge in [0.05, 0.1) is 19.3 Å². The van der Waals surface area contributed by atoms with E-state index in [2.05, 4.69) is 16.4 Å². The van der Waals surface area contributed by atoms with Crippen LogP contribution in [0.3, 0.4) is 0 Å². The maximum Gasteiger partial charge on any atom is 0.189 e. The van der Waals surface area contributed by atoms with Crippen LogP contribution >= 0.6 is 24.0 Å². The lowest BCUT2D eigenvalue weighted by Gasteiger charge is -2.26. The van der Waals surface area contributed by atoms with Crippen LogP contribution in [0, 0.1) is 0 Å². The first-order valence-electron chi connectivity index (χ1n) is 8.29. The van der Waals surface area contributed by atoms with Crippen molar-refractivity contribution >= 4 is 29.9 Å². The Bertz CT molecular complexity index is 679. The van der Waals surface area contributed by atoms with E-state index in [-0.39, 0.29) is 30.0 Å². The molecule has 3 N–H and O–H groups in total. The Kier molecular flexibility index (Phi) is 7.84. The number of para-hydroxylation sites is 2. The number of aliphatic imine (C=N–C) groups is 1. The fraction of sp³-hybridized carbons (Fsp3) is 0.316. The highest BCUT2D eigenvalue weighted by molar-refractivity contribution is 14.0. The fourth-order valence-electron chi connectivity index (χ4n) is 2.69. The first kappa shape index (κ1) is 19.4. The second-order valence-electron chi connectivity index (χ2n) is 5.65. The van der Waals surface area contributed by atoms with Crippen molar-refractivity contribution in [2.24, 2.45) is 10.7 Å². The minimum Gasteiger partial charge on any atom is -0.494 e. The van der Waals surface area contributed by atoms with Crippen molar-refractivity contribution < 1.29 is 9.47 Å². The third-order valence-corrected chi connectivity index (χ3v) is 3.88. The highest BCUT2D eigenvalue weighted by Crippen LogP contribution is 2.31. The van der Waals surface area contributed by atoms with Crippen LogP contribution in [0.1, 0.15) is 24.4 Å². The van der Waals surface area contributed by atoms with E-state index in [1.165, 1.54) is 0 Å². The molecular weight excluding hydrogens is 429 g/mol. The summed E-state index contributed by atoms with van der Waals surface area (Å²) >= 11 is 0. The molecule has 5 nitrogen and oxygen atoms in total. The number of hydrogen-bond acceptors (Lipinski definition) is 3. The molecule has 25 heavy (non-hydrogen) atoms. The van der Waals surface area contributed by atoms with Crippen LogP contribution in [0.5, 0.6) is 11.5 Å². The normalized spacial score (nSPS) is 16.2. The molecule has 2 aromatic rings. The predicted octanol–water partition coefficient (Wildman–Crippen LogP) is 3.50. The molecule has 6 heteroatoms. The summed E-state index contributed by atoms with van der Waals surface area (Å²) in [6, 6.07) is 18.0. The van der Waals surface area contributed by atoms with Gasteiger partial charge in [0, 0.05) is 24.9 Å². The smallest absolute Gasteiger partial charge is 0.189 e. The summed E-state index contributed by atoms with van der Waals surface area (Å²) in [5, 5.41) is 3.29. The van der Waals surface area contributed by atoms with Crippen LogP contribution in [0.15, 0.2) is 59.6 Å². The molecule has 0 aromatic heterocycles. The second-order valence-corrected chi connectivity index (χ2v) is 5.65. The van der Waals surface area contributed by atoms with Gasteiger partial charge in [-0.15, -0.1) is 24.0 Å². The number of halogens is 1. The average Bonchev–Trinajstić information content (AvgIpc) is 2.63. The van der Waals surface area contributed by atoms with Crippen molar-refractivity contribution in [3.05, 3.63) is 60.2 Å². The molecule has 0 saturated heterocycles. The molecule has 1 aliphatic heterocycles. The van der Waals surface area contributed by atoms with E-state index >= 15 is 0 Å². The topological polar surface area (TPSA) is 68.9 Å². The number of benzene rings is 2. The van der Waals surface area contributed by atoms with Gasteiger partial charge < -0.3 is 20.5 Å². The number of rotatable bonds is 6. The maximum absolute atomic E-state index is 6.01. The number of nitrogens with one attached hydrogen (secondary N) is 1. The van der Waals surface area contributed by atoms with Gasteiger partial charge >= 0.3 is 0 Å². The molecule has 1 aliphatic rings. The molecule has 1 unspecified atom stereocenters. The highest BCUT2D eigenvalue weighted by atomic mass is 127. The lowest BCUT2D eigenvalue weighted by molar-refractivity contribution is 0.262. The van der Waals surface area contributed by atoms with Gasteiger partial charge in [-0.2, -0.15) is 0 Å². The number of hydrogen-bond donors (Lipinski definition) is 2. The summed E-state index contributed by atoms with van der Waals surface area (Å²) in [7, 11) is 0. The molecule has 0 fully saturated rings. The number of nitrogens with two attached hydrogens (primary N) is 1. The SMILES string of the molecule is I.NC(=NCCCOc1ccccc1)NC1CCOc2ccccc21. The van der Waals surface area contributed by atoms with E-state index in [4.69, 9.17) is 15.2 Å². The fourth-order valence-corrected chi connectivity index (χ4v) is 2.69. The zero-order chi connectivity index (χ0) is 16.6. The van der Waals surface area contributed by atoms with Crippen molar-refractivity contribution in [1.82, 2.24) is 5.32 Å². The van der Waals surface area contributed by atoms with Crippen LogP contribution in [-0.4, -0.2) is 25.7 Å². The lowest BCUT2D eigenvalue weighted by Crippen LogP contribution is -2.37. The monoisotopic (exact) mass is 453 g/mol. The molecule has 3 rings (SSSR count). The number of guanidine groups is 1. The van der Waals surface area contributed by atoms with E-state index < -0.39 is 0 Å². The molecule has 1 atom stereocenters. The van der Waals surface area contributed by atoms with Gasteiger partial charge in [-0.05, 0) is 18.2 Å². The predicted molar refractivity (Wildman–Crippen MR) is 111 cm³/mol. The van der Waals surface area contributed by atoms with E-state index in [9.17, 15) is 0 Å². The molecule has 0 spiro atoms. The van der Waals surface area contributed by atoms with Gasteiger partial charge in [0.2, 0.25) is 0 Å². The van der Waals surface area contributed by atoms with Gasteiger partial charge in [-0.25, -0.2) is 0 Å².